The van der Waals surface area contributed by atoms with Crippen LogP contribution in [-0.4, -0.2) is 59.1 Å². The second-order valence-electron chi connectivity index (χ2n) is 8.94. The maximum Gasteiger partial charge on any atom is 0.220 e. The first kappa shape index (κ1) is 22.1. The summed E-state index contributed by atoms with van der Waals surface area (Å²) in [5, 5.41) is 21.4. The third-order valence-electron chi connectivity index (χ3n) is 6.65. The molecule has 4 heterocycles. The van der Waals surface area contributed by atoms with Gasteiger partial charge in [0.2, 0.25) is 5.91 Å². The molecule has 2 aromatic heterocycles. The van der Waals surface area contributed by atoms with E-state index in [4.69, 9.17) is 15.1 Å². The minimum atomic E-state index is 0.0978. The number of aromatic nitrogens is 3. The van der Waals surface area contributed by atoms with Crippen LogP contribution in [0.3, 0.4) is 0 Å². The summed E-state index contributed by atoms with van der Waals surface area (Å²) < 4.78 is 5.62. The summed E-state index contributed by atoms with van der Waals surface area (Å²) >= 11 is 0. The molecule has 9 nitrogen and oxygen atoms in total. The molecule has 9 heteroatoms. The molecule has 1 amide bonds. The van der Waals surface area contributed by atoms with Crippen molar-refractivity contribution in [2.45, 2.75) is 38.3 Å². The van der Waals surface area contributed by atoms with Gasteiger partial charge in [-0.2, -0.15) is 5.10 Å². The van der Waals surface area contributed by atoms with Gasteiger partial charge in [-0.15, -0.1) is 0 Å². The van der Waals surface area contributed by atoms with Gasteiger partial charge in [0, 0.05) is 42.8 Å². The maximum atomic E-state index is 11.8. The Hall–Kier alpha value is -3.72. The summed E-state index contributed by atoms with van der Waals surface area (Å²) in [5.41, 5.74) is 3.74. The van der Waals surface area contributed by atoms with Crippen LogP contribution in [0.5, 0.6) is 0 Å². The third-order valence-corrected chi connectivity index (χ3v) is 6.65. The van der Waals surface area contributed by atoms with Crippen molar-refractivity contribution in [3.63, 3.8) is 0 Å². The summed E-state index contributed by atoms with van der Waals surface area (Å²) in [5.74, 6) is 2.40. The standard InChI is InChI=1S/C25H29N7O2/c1-15-14-34-10-9-32(15)23-11-20(21(13-26)25(30-23)29-22-7-8-27-31-22)18-5-3-17(4-6-18)19-12-24(33)28-16(19)2/h3-8,11,13,15-16,19,26H,9-10,12,14H2,1-2H3,(H,28,33)(H2,27,29,30,31)/t15-,16?,19?/m1/s1. The van der Waals surface area contributed by atoms with E-state index in [0.717, 1.165) is 29.1 Å². The van der Waals surface area contributed by atoms with Crippen molar-refractivity contribution in [3.05, 3.63) is 53.7 Å². The lowest BCUT2D eigenvalue weighted by Gasteiger charge is -2.35. The smallest absolute Gasteiger partial charge is 0.220 e. The van der Waals surface area contributed by atoms with Gasteiger partial charge in [0.25, 0.3) is 0 Å². The van der Waals surface area contributed by atoms with E-state index in [1.54, 1.807) is 6.20 Å². The molecule has 1 aromatic carbocycles. The van der Waals surface area contributed by atoms with Crippen LogP contribution in [0.25, 0.3) is 11.1 Å². The fourth-order valence-corrected chi connectivity index (χ4v) is 4.80. The normalized spacial score (nSPS) is 22.5. The summed E-state index contributed by atoms with van der Waals surface area (Å²) in [7, 11) is 0. The monoisotopic (exact) mass is 459 g/mol. The van der Waals surface area contributed by atoms with E-state index in [1.807, 2.05) is 13.0 Å². The Morgan fingerprint density at radius 2 is 2.06 bits per heavy atom. The molecule has 3 aromatic rings. The number of morpholine rings is 1. The van der Waals surface area contributed by atoms with Crippen molar-refractivity contribution >= 4 is 29.6 Å². The summed E-state index contributed by atoms with van der Waals surface area (Å²) in [6.07, 6.45) is 3.52. The van der Waals surface area contributed by atoms with Crippen LogP contribution >= 0.6 is 0 Å². The van der Waals surface area contributed by atoms with E-state index in [9.17, 15) is 4.79 Å². The Bertz CT molecular complexity index is 1180. The predicted octanol–water partition coefficient (Wildman–Crippen LogP) is 3.43. The van der Waals surface area contributed by atoms with Gasteiger partial charge >= 0.3 is 0 Å². The van der Waals surface area contributed by atoms with Crippen LogP contribution in [0.15, 0.2) is 42.6 Å². The zero-order chi connectivity index (χ0) is 23.7. The number of hydrogen-bond donors (Lipinski definition) is 4. The molecular formula is C25H29N7O2. The van der Waals surface area contributed by atoms with Gasteiger partial charge < -0.3 is 25.7 Å². The van der Waals surface area contributed by atoms with Crippen molar-refractivity contribution in [3.8, 4) is 11.1 Å². The molecule has 0 radical (unpaired) electrons. The highest BCUT2D eigenvalue weighted by atomic mass is 16.5. The average Bonchev–Trinajstić information content (AvgIpc) is 3.47. The van der Waals surface area contributed by atoms with Crippen molar-refractivity contribution in [1.29, 1.82) is 5.41 Å². The van der Waals surface area contributed by atoms with Crippen molar-refractivity contribution < 1.29 is 9.53 Å². The van der Waals surface area contributed by atoms with Gasteiger partial charge in [-0.3, -0.25) is 9.89 Å². The number of pyridine rings is 1. The number of hydrogen-bond acceptors (Lipinski definition) is 7. The molecule has 2 aliphatic heterocycles. The molecule has 2 fully saturated rings. The summed E-state index contributed by atoms with van der Waals surface area (Å²) in [6.45, 7) is 6.22. The van der Waals surface area contributed by atoms with Gasteiger partial charge in [-0.1, -0.05) is 24.3 Å². The molecular weight excluding hydrogens is 430 g/mol. The van der Waals surface area contributed by atoms with Crippen LogP contribution < -0.4 is 15.5 Å². The highest BCUT2D eigenvalue weighted by molar-refractivity contribution is 5.96. The fraction of sp³-hybridized carbons (Fsp3) is 0.360. The minimum Gasteiger partial charge on any atom is -0.377 e. The molecule has 0 spiro atoms. The van der Waals surface area contributed by atoms with Gasteiger partial charge in [-0.05, 0) is 36.6 Å². The summed E-state index contributed by atoms with van der Waals surface area (Å²) in [6, 6.07) is 12.5. The van der Waals surface area contributed by atoms with Crippen LogP contribution in [0.2, 0.25) is 0 Å². The lowest BCUT2D eigenvalue weighted by atomic mass is 9.90. The molecule has 3 atom stereocenters. The fourth-order valence-electron chi connectivity index (χ4n) is 4.80. The number of carbonyl (C=O) groups excluding carboxylic acids is 1. The number of aromatic amines is 1. The Kier molecular flexibility index (Phi) is 6.02. The van der Waals surface area contributed by atoms with E-state index in [1.165, 1.54) is 6.21 Å². The molecule has 2 saturated heterocycles. The predicted molar refractivity (Wildman–Crippen MR) is 132 cm³/mol. The van der Waals surface area contributed by atoms with E-state index < -0.39 is 0 Å². The maximum absolute atomic E-state index is 11.8. The quantitative estimate of drug-likeness (QED) is 0.420. The third kappa shape index (κ3) is 4.26. The Labute approximate surface area is 198 Å². The van der Waals surface area contributed by atoms with Crippen LogP contribution in [0.4, 0.5) is 17.5 Å². The second kappa shape index (κ2) is 9.26. The number of rotatable bonds is 6. The average molecular weight is 460 g/mol. The van der Waals surface area contributed by atoms with Crippen LogP contribution in [0.1, 0.15) is 37.3 Å². The molecule has 2 aliphatic rings. The zero-order valence-electron chi connectivity index (χ0n) is 19.3. The number of ether oxygens (including phenoxy) is 1. The van der Waals surface area contributed by atoms with E-state index >= 15 is 0 Å². The second-order valence-corrected chi connectivity index (χ2v) is 8.94. The number of H-pyrrole nitrogens is 1. The van der Waals surface area contributed by atoms with Crippen molar-refractivity contribution in [2.75, 3.05) is 30.0 Å². The SMILES string of the molecule is CC1NC(=O)CC1c1ccc(-c2cc(N3CCOC[C@H]3C)nc(Nc3ccn[nH]3)c2C=N)cc1. The topological polar surface area (TPSA) is 119 Å². The molecule has 0 bridgehead atoms. The van der Waals surface area contributed by atoms with Crippen LogP contribution in [0, 0.1) is 5.41 Å². The number of nitrogens with zero attached hydrogens (tertiary/aromatic N) is 3. The minimum absolute atomic E-state index is 0.0978. The lowest BCUT2D eigenvalue weighted by Crippen LogP contribution is -2.44. The highest BCUT2D eigenvalue weighted by Gasteiger charge is 2.30. The number of amides is 1. The summed E-state index contributed by atoms with van der Waals surface area (Å²) in [4.78, 5) is 19.0. The molecule has 0 aliphatic carbocycles. The van der Waals surface area contributed by atoms with Gasteiger partial charge in [0.15, 0.2) is 0 Å². The Morgan fingerprint density at radius 1 is 1.24 bits per heavy atom. The zero-order valence-corrected chi connectivity index (χ0v) is 19.3. The van der Waals surface area contributed by atoms with E-state index in [2.05, 4.69) is 63.0 Å². The van der Waals surface area contributed by atoms with Crippen molar-refractivity contribution in [2.24, 2.45) is 0 Å². The van der Waals surface area contributed by atoms with E-state index in [-0.39, 0.29) is 23.9 Å². The molecule has 4 N–H and O–H groups in total. The van der Waals surface area contributed by atoms with Gasteiger partial charge in [-0.25, -0.2) is 4.98 Å². The first-order valence-corrected chi connectivity index (χ1v) is 11.6. The van der Waals surface area contributed by atoms with Gasteiger partial charge in [0.05, 0.1) is 25.5 Å². The number of carbonyl (C=O) groups is 1. The Balaban J connectivity index is 1.56. The Morgan fingerprint density at radius 3 is 2.71 bits per heavy atom. The first-order chi connectivity index (χ1) is 16.5. The highest BCUT2D eigenvalue weighted by Crippen LogP contribution is 2.35. The molecule has 0 saturated carbocycles. The largest absolute Gasteiger partial charge is 0.377 e. The van der Waals surface area contributed by atoms with Crippen molar-refractivity contribution in [1.82, 2.24) is 20.5 Å². The molecule has 34 heavy (non-hydrogen) atoms. The molecule has 176 valence electrons. The van der Waals surface area contributed by atoms with E-state index in [0.29, 0.717) is 36.8 Å². The van der Waals surface area contributed by atoms with Gasteiger partial charge in [0.1, 0.15) is 17.5 Å². The first-order valence-electron chi connectivity index (χ1n) is 11.6. The molecule has 5 rings (SSSR count). The molecule has 2 unspecified atom stereocenters. The lowest BCUT2D eigenvalue weighted by molar-refractivity contribution is -0.119. The number of anilines is 3. The number of benzene rings is 1. The number of nitrogens with one attached hydrogen (secondary N) is 4. The van der Waals surface area contributed by atoms with Crippen LogP contribution in [-0.2, 0) is 9.53 Å².